The van der Waals surface area contributed by atoms with E-state index in [1.54, 1.807) is 0 Å². The second kappa shape index (κ2) is 64.7. The summed E-state index contributed by atoms with van der Waals surface area (Å²) in [6.07, 6.45) is 8.38. The molecule has 0 amide bonds. The SMILES string of the molecule is CCCCCCCC[NH3+].COCF.FCF.FCF.FCOF.FCOF.O=S(=O)([O-])CCCOCF. The van der Waals surface area contributed by atoms with Crippen molar-refractivity contribution in [3.05, 3.63) is 0 Å². The first-order valence-corrected chi connectivity index (χ1v) is 11.9. The minimum Gasteiger partial charge on any atom is -0.748 e. The summed E-state index contributed by atoms with van der Waals surface area (Å²) in [7, 11) is -2.85. The number of methoxy groups -OCH3 is 1. The zero-order valence-electron chi connectivity index (χ0n) is 21.1. The lowest BCUT2D eigenvalue weighted by Gasteiger charge is -2.04. The summed E-state index contributed by atoms with van der Waals surface area (Å²) in [5, 5.41) is 0. The molecule has 236 valence electrons. The molecule has 0 saturated carbocycles. The summed E-state index contributed by atoms with van der Waals surface area (Å²) in [5.41, 5.74) is 3.80. The quantitative estimate of drug-likeness (QED) is 0.160. The molecule has 0 saturated heterocycles. The molecule has 0 aromatic heterocycles. The van der Waals surface area contributed by atoms with E-state index in [4.69, 9.17) is 0 Å². The molecule has 0 aliphatic heterocycles. The van der Waals surface area contributed by atoms with Crippen LogP contribution in [0.4, 0.5) is 44.2 Å². The summed E-state index contributed by atoms with van der Waals surface area (Å²) < 4.78 is 138. The van der Waals surface area contributed by atoms with E-state index < -0.39 is 57.2 Å². The lowest BCUT2D eigenvalue weighted by atomic mass is 10.1. The molecule has 0 aromatic rings. The number of hydrogen-bond acceptors (Lipinski definition) is 7. The van der Waals surface area contributed by atoms with E-state index in [0.29, 0.717) is 0 Å². The highest BCUT2D eigenvalue weighted by Gasteiger charge is 1.94. The number of unbranched alkanes of at least 4 members (excludes halogenated alkanes) is 5. The first-order valence-electron chi connectivity index (χ1n) is 10.3. The maximum Gasteiger partial charge on any atom is 0.229 e. The van der Waals surface area contributed by atoms with Crippen molar-refractivity contribution in [3.63, 3.8) is 0 Å². The molecule has 0 radical (unpaired) electrons. The number of rotatable bonds is 14. The molecule has 19 heteroatoms. The van der Waals surface area contributed by atoms with Crippen molar-refractivity contribution in [3.8, 4) is 0 Å². The van der Waals surface area contributed by atoms with Gasteiger partial charge in [-0.1, -0.05) is 32.6 Å². The number of ether oxygens (including phenoxy) is 2. The van der Waals surface area contributed by atoms with Crippen LogP contribution in [0.25, 0.3) is 0 Å². The molecule has 0 bridgehead atoms. The van der Waals surface area contributed by atoms with Gasteiger partial charge in [-0.25, -0.2) is 43.5 Å². The standard InChI is InChI=1S/C8H19N.C4H9FO4S.C2H5FO.2CH2F2O.2CH2F2/c1-2-3-4-5-6-7-8-9;5-4-9-2-1-3-10(6,7)8;1-4-2-3;2*2-1-4-3;2*2-1-3/h2-9H2,1H3;1-4H2,(H,6,7,8);2H2,1H3;2*1H2;2*1H2. The van der Waals surface area contributed by atoms with Gasteiger partial charge in [0.05, 0.1) is 23.3 Å². The predicted octanol–water partition coefficient (Wildman–Crippen LogP) is 5.41. The third-order valence-corrected chi connectivity index (χ3v) is 3.34. The third-order valence-electron chi connectivity index (χ3n) is 2.56. The molecule has 37 heavy (non-hydrogen) atoms. The highest BCUT2D eigenvalue weighted by atomic mass is 32.2. The Balaban J connectivity index is -0.0000000606. The summed E-state index contributed by atoms with van der Waals surface area (Å²) in [5.74, 6) is -0.493. The van der Waals surface area contributed by atoms with Crippen molar-refractivity contribution < 1.29 is 82.2 Å². The van der Waals surface area contributed by atoms with Crippen LogP contribution in [-0.4, -0.2) is 80.3 Å². The fraction of sp³-hybridized carbons (Fsp3) is 1.00. The molecule has 0 aromatic carbocycles. The Morgan fingerprint density at radius 3 is 1.30 bits per heavy atom. The van der Waals surface area contributed by atoms with Crippen LogP contribution in [0, 0.1) is 0 Å². The minimum atomic E-state index is -4.16. The second-order valence-electron chi connectivity index (χ2n) is 5.29. The number of alkyl halides is 8. The maximum atomic E-state index is 11.2. The average Bonchev–Trinajstić information content (AvgIpc) is 2.88. The topological polar surface area (TPSA) is 122 Å². The van der Waals surface area contributed by atoms with Crippen molar-refractivity contribution in [2.75, 3.05) is 67.3 Å². The molecule has 0 rings (SSSR count). The summed E-state index contributed by atoms with van der Waals surface area (Å²) in [6.45, 7) is -4.48. The van der Waals surface area contributed by atoms with Crippen LogP contribution in [0.5, 0.6) is 0 Å². The zero-order valence-corrected chi connectivity index (χ0v) is 21.9. The van der Waals surface area contributed by atoms with Gasteiger partial charge in [0, 0.05) is 12.9 Å². The van der Waals surface area contributed by atoms with Gasteiger partial charge in [-0.05, 0) is 28.3 Å². The third kappa shape index (κ3) is 169. The van der Waals surface area contributed by atoms with Crippen LogP contribution in [0.2, 0.25) is 0 Å². The second-order valence-corrected chi connectivity index (χ2v) is 6.81. The van der Waals surface area contributed by atoms with Crippen molar-refractivity contribution in [2.45, 2.75) is 51.9 Å². The first-order chi connectivity index (χ1) is 17.5. The number of hydrogen-bond donors (Lipinski definition) is 1. The molecule has 0 atom stereocenters. The Morgan fingerprint density at radius 2 is 1.05 bits per heavy atom. The summed E-state index contributed by atoms with van der Waals surface area (Å²) in [4.78, 5) is 4.75. The molecule has 0 aliphatic rings. The van der Waals surface area contributed by atoms with Gasteiger partial charge in [-0.15, -0.1) is 0 Å². The van der Waals surface area contributed by atoms with Gasteiger partial charge >= 0.3 is 0 Å². The van der Waals surface area contributed by atoms with Crippen LogP contribution in [0.15, 0.2) is 0 Å². The van der Waals surface area contributed by atoms with E-state index in [1.807, 2.05) is 0 Å². The summed E-state index contributed by atoms with van der Waals surface area (Å²) >= 11 is 0. The van der Waals surface area contributed by atoms with E-state index in [-0.39, 0.29) is 13.0 Å². The van der Waals surface area contributed by atoms with Gasteiger partial charge in [0.2, 0.25) is 27.6 Å². The van der Waals surface area contributed by atoms with Crippen LogP contribution in [0.3, 0.4) is 0 Å². The van der Waals surface area contributed by atoms with Gasteiger partial charge in [0.25, 0.3) is 0 Å². The Kier molecular flexibility index (Phi) is 91.8. The Hall–Kier alpha value is -0.990. The van der Waals surface area contributed by atoms with Crippen molar-refractivity contribution in [1.82, 2.24) is 0 Å². The van der Waals surface area contributed by atoms with Crippen LogP contribution < -0.4 is 5.73 Å². The lowest BCUT2D eigenvalue weighted by molar-refractivity contribution is -0.368. The van der Waals surface area contributed by atoms with Gasteiger partial charge in [-0.3, -0.25) is 0 Å². The summed E-state index contributed by atoms with van der Waals surface area (Å²) in [6, 6.07) is 0. The Morgan fingerprint density at radius 1 is 0.703 bits per heavy atom. The molecule has 3 N–H and O–H groups in total. The largest absolute Gasteiger partial charge is 0.748 e. The van der Waals surface area contributed by atoms with E-state index >= 15 is 0 Å². The molecular formula is C18H41F10NO7S. The van der Waals surface area contributed by atoms with Gasteiger partial charge in [0.15, 0.2) is 13.7 Å². The van der Waals surface area contributed by atoms with Crippen molar-refractivity contribution >= 4 is 10.1 Å². The highest BCUT2D eigenvalue weighted by molar-refractivity contribution is 7.85. The fourth-order valence-corrected chi connectivity index (χ4v) is 1.82. The van der Waals surface area contributed by atoms with Crippen LogP contribution in [0.1, 0.15) is 51.9 Å². The maximum absolute atomic E-state index is 11.2. The van der Waals surface area contributed by atoms with Gasteiger partial charge in [0.1, 0.15) is 0 Å². The van der Waals surface area contributed by atoms with Gasteiger partial charge < -0.3 is 19.8 Å². The molecule has 8 nitrogen and oxygen atoms in total. The van der Waals surface area contributed by atoms with E-state index in [0.717, 1.165) is 6.54 Å². The monoisotopic (exact) mass is 605 g/mol. The zero-order chi connectivity index (χ0) is 30.6. The highest BCUT2D eigenvalue weighted by Crippen LogP contribution is 2.03. The van der Waals surface area contributed by atoms with E-state index in [9.17, 15) is 57.1 Å². The van der Waals surface area contributed by atoms with Gasteiger partial charge in [-0.2, -0.15) is 9.88 Å². The Labute approximate surface area is 212 Å². The first kappa shape index (κ1) is 52.4. The molecule has 0 spiro atoms. The van der Waals surface area contributed by atoms with E-state index in [2.05, 4.69) is 32.0 Å². The van der Waals surface area contributed by atoms with E-state index in [1.165, 1.54) is 45.6 Å². The van der Waals surface area contributed by atoms with Crippen molar-refractivity contribution in [1.29, 1.82) is 0 Å². The fourth-order valence-electron chi connectivity index (χ4n) is 1.35. The molecule has 0 heterocycles. The Bertz CT molecular complexity index is 374. The van der Waals surface area contributed by atoms with Crippen LogP contribution in [-0.2, 0) is 29.5 Å². The molecular weight excluding hydrogens is 564 g/mol. The van der Waals surface area contributed by atoms with Crippen molar-refractivity contribution in [2.24, 2.45) is 0 Å². The van der Waals surface area contributed by atoms with Crippen LogP contribution >= 0.6 is 0 Å². The predicted molar refractivity (Wildman–Crippen MR) is 116 cm³/mol. The molecule has 0 unspecified atom stereocenters. The average molecular weight is 606 g/mol. The smallest absolute Gasteiger partial charge is 0.229 e. The number of halogens is 10. The molecule has 0 aliphatic carbocycles. The molecule has 0 fully saturated rings. The normalized spacial score (nSPS) is 9.03. The minimum absolute atomic E-state index is 0.0298. The number of quaternary nitrogens is 1. The lowest BCUT2D eigenvalue weighted by Crippen LogP contribution is -2.50.